The first kappa shape index (κ1) is 17.1. The van der Waals surface area contributed by atoms with Gasteiger partial charge in [-0.05, 0) is 24.1 Å². The SMILES string of the molecule is COC(=O)c1ccc(C2NC=C(C(F)(F)F)N2CCCO)cc1. The Kier molecular flexibility index (Phi) is 5.15. The van der Waals surface area contributed by atoms with E-state index in [-0.39, 0.29) is 19.6 Å². The molecule has 126 valence electrons. The highest BCUT2D eigenvalue weighted by Crippen LogP contribution is 2.37. The second kappa shape index (κ2) is 6.91. The zero-order chi connectivity index (χ0) is 17.0. The third kappa shape index (κ3) is 3.76. The lowest BCUT2D eigenvalue weighted by atomic mass is 10.1. The number of benzene rings is 1. The number of ether oxygens (including phenoxy) is 1. The molecule has 23 heavy (non-hydrogen) atoms. The lowest BCUT2D eigenvalue weighted by molar-refractivity contribution is -0.112. The average Bonchev–Trinajstić information content (AvgIpc) is 2.96. The van der Waals surface area contributed by atoms with Crippen LogP contribution in [0.3, 0.4) is 0 Å². The molecular formula is C15H17F3N2O3. The number of nitrogens with zero attached hydrogens (tertiary/aromatic N) is 1. The Morgan fingerprint density at radius 1 is 1.35 bits per heavy atom. The molecule has 0 amide bonds. The number of rotatable bonds is 5. The largest absolute Gasteiger partial charge is 0.465 e. The number of carbonyl (C=O) groups excluding carboxylic acids is 1. The van der Waals surface area contributed by atoms with Gasteiger partial charge in [0.15, 0.2) is 0 Å². The number of nitrogens with one attached hydrogen (secondary N) is 1. The summed E-state index contributed by atoms with van der Waals surface area (Å²) in [6.45, 7) is -0.145. The van der Waals surface area contributed by atoms with Crippen molar-refractivity contribution in [2.24, 2.45) is 0 Å². The predicted octanol–water partition coefficient (Wildman–Crippen LogP) is 2.16. The molecule has 2 rings (SSSR count). The van der Waals surface area contributed by atoms with Gasteiger partial charge in [0.25, 0.3) is 0 Å². The van der Waals surface area contributed by atoms with Gasteiger partial charge in [-0.15, -0.1) is 0 Å². The summed E-state index contributed by atoms with van der Waals surface area (Å²) in [7, 11) is 1.25. The van der Waals surface area contributed by atoms with Crippen LogP contribution in [0.4, 0.5) is 13.2 Å². The monoisotopic (exact) mass is 330 g/mol. The maximum Gasteiger partial charge on any atom is 0.432 e. The van der Waals surface area contributed by atoms with Crippen molar-refractivity contribution in [2.45, 2.75) is 18.8 Å². The lowest BCUT2D eigenvalue weighted by Gasteiger charge is -2.30. The molecule has 5 nitrogen and oxygen atoms in total. The average molecular weight is 330 g/mol. The molecule has 0 radical (unpaired) electrons. The maximum atomic E-state index is 13.1. The van der Waals surface area contributed by atoms with Crippen LogP contribution in [0.1, 0.15) is 28.5 Å². The summed E-state index contributed by atoms with van der Waals surface area (Å²) >= 11 is 0. The van der Waals surface area contributed by atoms with Gasteiger partial charge in [-0.1, -0.05) is 12.1 Å². The minimum absolute atomic E-state index is 0.0538. The van der Waals surface area contributed by atoms with E-state index in [0.717, 1.165) is 11.1 Å². The smallest absolute Gasteiger partial charge is 0.432 e. The molecule has 1 unspecified atom stereocenters. The Morgan fingerprint density at radius 2 is 2.00 bits per heavy atom. The zero-order valence-electron chi connectivity index (χ0n) is 12.4. The van der Waals surface area contributed by atoms with Crippen LogP contribution < -0.4 is 5.32 Å². The van der Waals surface area contributed by atoms with E-state index in [1.807, 2.05) is 0 Å². The lowest BCUT2D eigenvalue weighted by Crippen LogP contribution is -2.34. The highest BCUT2D eigenvalue weighted by atomic mass is 19.4. The molecular weight excluding hydrogens is 313 g/mol. The predicted molar refractivity (Wildman–Crippen MR) is 76.2 cm³/mol. The van der Waals surface area contributed by atoms with E-state index >= 15 is 0 Å². The number of hydrogen-bond acceptors (Lipinski definition) is 5. The summed E-state index contributed by atoms with van der Waals surface area (Å²) in [4.78, 5) is 12.6. The Morgan fingerprint density at radius 3 is 2.52 bits per heavy atom. The van der Waals surface area contributed by atoms with Gasteiger partial charge in [-0.3, -0.25) is 0 Å². The second-order valence-corrected chi connectivity index (χ2v) is 4.98. The fourth-order valence-electron chi connectivity index (χ4n) is 2.40. The molecule has 2 N–H and O–H groups in total. The molecule has 0 aliphatic carbocycles. The molecule has 1 atom stereocenters. The fraction of sp³-hybridized carbons (Fsp3) is 0.400. The van der Waals surface area contributed by atoms with Crippen LogP contribution in [0.2, 0.25) is 0 Å². The van der Waals surface area contributed by atoms with Crippen LogP contribution in [0.15, 0.2) is 36.2 Å². The van der Waals surface area contributed by atoms with Crippen molar-refractivity contribution in [3.8, 4) is 0 Å². The molecule has 0 saturated carbocycles. The first-order chi connectivity index (χ1) is 10.9. The van der Waals surface area contributed by atoms with Crippen LogP contribution in [0.25, 0.3) is 0 Å². The number of aliphatic hydroxyl groups excluding tert-OH is 1. The van der Waals surface area contributed by atoms with E-state index in [1.165, 1.54) is 19.2 Å². The van der Waals surface area contributed by atoms with Gasteiger partial charge in [-0.2, -0.15) is 13.2 Å². The molecule has 1 heterocycles. The van der Waals surface area contributed by atoms with E-state index in [4.69, 9.17) is 5.11 Å². The Labute approximate surface area is 131 Å². The number of esters is 1. The van der Waals surface area contributed by atoms with Crippen LogP contribution in [0, 0.1) is 0 Å². The van der Waals surface area contributed by atoms with Crippen LogP contribution in [-0.2, 0) is 4.74 Å². The van der Waals surface area contributed by atoms with Gasteiger partial charge in [-0.25, -0.2) is 4.79 Å². The molecule has 8 heteroatoms. The number of hydrogen-bond donors (Lipinski definition) is 2. The summed E-state index contributed by atoms with van der Waals surface area (Å²) < 4.78 is 43.8. The first-order valence-corrected chi connectivity index (χ1v) is 6.97. The van der Waals surface area contributed by atoms with Crippen molar-refractivity contribution in [3.63, 3.8) is 0 Å². The quantitative estimate of drug-likeness (QED) is 0.810. The van der Waals surface area contributed by atoms with Crippen molar-refractivity contribution in [1.82, 2.24) is 10.2 Å². The van der Waals surface area contributed by atoms with Gasteiger partial charge in [0.1, 0.15) is 11.9 Å². The van der Waals surface area contributed by atoms with Gasteiger partial charge < -0.3 is 20.1 Å². The van der Waals surface area contributed by atoms with Gasteiger partial charge in [0, 0.05) is 19.4 Å². The van der Waals surface area contributed by atoms with Crippen molar-refractivity contribution < 1.29 is 27.8 Å². The van der Waals surface area contributed by atoms with Gasteiger partial charge in [0.05, 0.1) is 12.7 Å². The number of carbonyl (C=O) groups is 1. The maximum absolute atomic E-state index is 13.1. The molecule has 1 aromatic rings. The molecule has 0 spiro atoms. The van der Waals surface area contributed by atoms with E-state index in [1.54, 1.807) is 12.1 Å². The Bertz CT molecular complexity index is 585. The van der Waals surface area contributed by atoms with E-state index in [9.17, 15) is 18.0 Å². The zero-order valence-corrected chi connectivity index (χ0v) is 12.4. The highest BCUT2D eigenvalue weighted by Gasteiger charge is 2.43. The van der Waals surface area contributed by atoms with Crippen molar-refractivity contribution >= 4 is 5.97 Å². The van der Waals surface area contributed by atoms with E-state index < -0.39 is 24.0 Å². The summed E-state index contributed by atoms with van der Waals surface area (Å²) in [5, 5.41) is 11.6. The first-order valence-electron chi connectivity index (χ1n) is 6.97. The number of allylic oxidation sites excluding steroid dienone is 1. The van der Waals surface area contributed by atoms with Crippen molar-refractivity contribution in [2.75, 3.05) is 20.3 Å². The minimum atomic E-state index is -4.48. The Balaban J connectivity index is 2.22. The standard InChI is InChI=1S/C15H17F3N2O3/c1-23-14(22)11-5-3-10(4-6-11)13-19-9-12(15(16,17)18)20(13)7-2-8-21/h3-6,9,13,19,21H,2,7-8H2,1H3. The van der Waals surface area contributed by atoms with E-state index in [2.05, 4.69) is 10.1 Å². The van der Waals surface area contributed by atoms with Crippen molar-refractivity contribution in [1.29, 1.82) is 0 Å². The van der Waals surface area contributed by atoms with Crippen LogP contribution >= 0.6 is 0 Å². The third-order valence-corrected chi connectivity index (χ3v) is 3.49. The summed E-state index contributed by atoms with van der Waals surface area (Å²) in [5.74, 6) is -0.512. The molecule has 1 aromatic carbocycles. The minimum Gasteiger partial charge on any atom is -0.465 e. The molecule has 0 bridgehead atoms. The molecule has 1 aliphatic heterocycles. The normalized spacial score (nSPS) is 17.7. The third-order valence-electron chi connectivity index (χ3n) is 3.49. The van der Waals surface area contributed by atoms with E-state index in [0.29, 0.717) is 11.1 Å². The molecule has 0 aromatic heterocycles. The summed E-state index contributed by atoms with van der Waals surface area (Å²) in [5.41, 5.74) is 0.110. The fourth-order valence-corrected chi connectivity index (χ4v) is 2.40. The molecule has 0 saturated heterocycles. The number of aliphatic hydroxyl groups is 1. The number of methoxy groups -OCH3 is 1. The summed E-state index contributed by atoms with van der Waals surface area (Å²) in [6.07, 6.45) is -4.05. The number of halogens is 3. The Hall–Kier alpha value is -2.22. The van der Waals surface area contributed by atoms with Crippen LogP contribution in [0.5, 0.6) is 0 Å². The molecule has 0 fully saturated rings. The molecule has 1 aliphatic rings. The second-order valence-electron chi connectivity index (χ2n) is 4.98. The van der Waals surface area contributed by atoms with Gasteiger partial charge in [0.2, 0.25) is 0 Å². The highest BCUT2D eigenvalue weighted by molar-refractivity contribution is 5.89. The van der Waals surface area contributed by atoms with Crippen LogP contribution in [-0.4, -0.2) is 42.4 Å². The summed E-state index contributed by atoms with van der Waals surface area (Å²) in [6, 6.07) is 6.14. The number of alkyl halides is 3. The van der Waals surface area contributed by atoms with Crippen molar-refractivity contribution in [3.05, 3.63) is 47.3 Å². The topological polar surface area (TPSA) is 61.8 Å². The van der Waals surface area contributed by atoms with Gasteiger partial charge >= 0.3 is 12.1 Å².